The Morgan fingerprint density at radius 2 is 2.00 bits per heavy atom. The summed E-state index contributed by atoms with van der Waals surface area (Å²) in [4.78, 5) is 11.4. The molecule has 0 radical (unpaired) electrons. The van der Waals surface area contributed by atoms with Gasteiger partial charge in [-0.05, 0) is 11.2 Å². The highest BCUT2D eigenvalue weighted by Gasteiger charge is 2.38. The fourth-order valence-corrected chi connectivity index (χ4v) is 3.07. The average Bonchev–Trinajstić information content (AvgIpc) is 2.48. The Morgan fingerprint density at radius 3 is 2.54 bits per heavy atom. The number of ketones is 1. The van der Waals surface area contributed by atoms with Gasteiger partial charge in [0, 0.05) is 5.56 Å². The van der Waals surface area contributed by atoms with Crippen molar-refractivity contribution in [2.24, 2.45) is 0 Å². The van der Waals surface area contributed by atoms with E-state index >= 15 is 0 Å². The maximum absolute atomic E-state index is 11.5. The Morgan fingerprint density at radius 1 is 1.31 bits per heavy atom. The van der Waals surface area contributed by atoms with E-state index in [9.17, 15) is 9.35 Å². The van der Waals surface area contributed by atoms with Gasteiger partial charge >= 0.3 is 0 Å². The molecule has 0 bridgehead atoms. The molecule has 0 aliphatic carbocycles. The number of hydrogen-bond donors (Lipinski definition) is 0. The highest BCUT2D eigenvalue weighted by molar-refractivity contribution is 7.92. The van der Waals surface area contributed by atoms with Crippen molar-refractivity contribution in [1.82, 2.24) is 0 Å². The average molecular weight is 194 g/mol. The van der Waals surface area contributed by atoms with Crippen molar-refractivity contribution in [3.63, 3.8) is 0 Å². The number of rotatable bonds is 1. The van der Waals surface area contributed by atoms with E-state index in [2.05, 4.69) is 0 Å². The predicted octanol–water partition coefficient (Wildman–Crippen LogP) is 1.45. The topological polar surface area (TPSA) is 40.1 Å². The highest BCUT2D eigenvalue weighted by atomic mass is 32.2. The number of Topliss-reactive ketones (excluding diaryl/α,β-unsaturated/α-hetero) is 1. The molecule has 1 heterocycles. The summed E-state index contributed by atoms with van der Waals surface area (Å²) >= 11 is -0.991. The van der Waals surface area contributed by atoms with Gasteiger partial charge in [0.15, 0.2) is 11.0 Å². The maximum atomic E-state index is 11.5. The summed E-state index contributed by atoms with van der Waals surface area (Å²) in [6.45, 7) is 0. The molecular weight excluding hydrogens is 184 g/mol. The normalized spacial score (nSPS) is 27.9. The minimum Gasteiger partial charge on any atom is -0.616 e. The third kappa shape index (κ3) is 1.62. The van der Waals surface area contributed by atoms with Crippen molar-refractivity contribution in [3.8, 4) is 0 Å². The molecule has 0 N–H and O–H groups in total. The lowest BCUT2D eigenvalue weighted by Gasteiger charge is -2.11. The van der Waals surface area contributed by atoms with Gasteiger partial charge in [-0.25, -0.2) is 0 Å². The molecule has 2 rings (SSSR count). The van der Waals surface area contributed by atoms with Crippen molar-refractivity contribution in [2.45, 2.75) is 11.7 Å². The molecule has 1 aromatic rings. The molecule has 0 spiro atoms. The molecule has 2 atom stereocenters. The second kappa shape index (κ2) is 3.52. The van der Waals surface area contributed by atoms with Gasteiger partial charge < -0.3 is 4.55 Å². The molecule has 2 unspecified atom stereocenters. The fraction of sp³-hybridized carbons (Fsp3) is 0.300. The van der Waals surface area contributed by atoms with E-state index < -0.39 is 11.2 Å². The Labute approximate surface area is 80.1 Å². The molecule has 1 fully saturated rings. The molecule has 2 nitrogen and oxygen atoms in total. The van der Waals surface area contributed by atoms with E-state index in [0.717, 1.165) is 5.56 Å². The third-order valence-electron chi connectivity index (χ3n) is 2.21. The van der Waals surface area contributed by atoms with Crippen molar-refractivity contribution in [1.29, 1.82) is 0 Å². The van der Waals surface area contributed by atoms with Crippen LogP contribution in [0, 0.1) is 0 Å². The summed E-state index contributed by atoms with van der Waals surface area (Å²) in [6.07, 6.45) is 0.464. The highest BCUT2D eigenvalue weighted by Crippen LogP contribution is 2.31. The van der Waals surface area contributed by atoms with Crippen LogP contribution in [-0.4, -0.2) is 16.1 Å². The SMILES string of the molecule is O=C1CC[S+]([O-])C1c1ccccc1. The van der Waals surface area contributed by atoms with Crippen molar-refractivity contribution in [3.05, 3.63) is 35.9 Å². The van der Waals surface area contributed by atoms with E-state index in [1.807, 2.05) is 30.3 Å². The molecule has 1 saturated heterocycles. The van der Waals surface area contributed by atoms with Gasteiger partial charge in [-0.2, -0.15) is 0 Å². The van der Waals surface area contributed by atoms with Crippen molar-refractivity contribution >= 4 is 17.0 Å². The minimum absolute atomic E-state index is 0.115. The zero-order valence-corrected chi connectivity index (χ0v) is 7.92. The number of carbonyl (C=O) groups is 1. The van der Waals surface area contributed by atoms with Gasteiger partial charge in [0.2, 0.25) is 0 Å². The largest absolute Gasteiger partial charge is 0.616 e. The molecule has 1 aliphatic rings. The molecule has 0 amide bonds. The Balaban J connectivity index is 2.30. The standard InChI is InChI=1S/C10H10O2S/c11-9-6-7-13(12)10(9)8-4-2-1-3-5-8/h1-5,10H,6-7H2. The van der Waals surface area contributed by atoms with Gasteiger partial charge in [-0.15, -0.1) is 0 Å². The fourth-order valence-electron chi connectivity index (χ4n) is 1.56. The first-order valence-electron chi connectivity index (χ1n) is 4.24. The van der Waals surface area contributed by atoms with Crippen LogP contribution < -0.4 is 0 Å². The lowest BCUT2D eigenvalue weighted by molar-refractivity contribution is -0.117. The van der Waals surface area contributed by atoms with Crippen molar-refractivity contribution in [2.75, 3.05) is 5.75 Å². The van der Waals surface area contributed by atoms with E-state index in [-0.39, 0.29) is 11.0 Å². The second-order valence-electron chi connectivity index (χ2n) is 3.09. The molecule has 1 aromatic carbocycles. The monoisotopic (exact) mass is 194 g/mol. The number of hydrogen-bond acceptors (Lipinski definition) is 2. The predicted molar refractivity (Wildman–Crippen MR) is 51.8 cm³/mol. The van der Waals surface area contributed by atoms with E-state index in [0.29, 0.717) is 12.2 Å². The van der Waals surface area contributed by atoms with Crippen LogP contribution in [0.5, 0.6) is 0 Å². The van der Waals surface area contributed by atoms with Crippen LogP contribution in [0.4, 0.5) is 0 Å². The zero-order chi connectivity index (χ0) is 9.26. The van der Waals surface area contributed by atoms with Gasteiger partial charge in [0.05, 0.1) is 6.42 Å². The summed E-state index contributed by atoms with van der Waals surface area (Å²) in [5.74, 6) is 0.641. The molecule has 0 aromatic heterocycles. The zero-order valence-electron chi connectivity index (χ0n) is 7.10. The van der Waals surface area contributed by atoms with Gasteiger partial charge in [-0.1, -0.05) is 30.3 Å². The molecule has 3 heteroatoms. The van der Waals surface area contributed by atoms with Gasteiger partial charge in [0.25, 0.3) is 0 Å². The Bertz CT molecular complexity index is 310. The van der Waals surface area contributed by atoms with Crippen LogP contribution in [0.3, 0.4) is 0 Å². The van der Waals surface area contributed by atoms with E-state index in [1.165, 1.54) is 0 Å². The Kier molecular flexibility index (Phi) is 2.38. The molecule has 0 saturated carbocycles. The maximum Gasteiger partial charge on any atom is 0.198 e. The smallest absolute Gasteiger partial charge is 0.198 e. The van der Waals surface area contributed by atoms with Gasteiger partial charge in [-0.3, -0.25) is 4.79 Å². The van der Waals surface area contributed by atoms with Crippen molar-refractivity contribution < 1.29 is 9.35 Å². The third-order valence-corrected chi connectivity index (χ3v) is 3.87. The number of carbonyl (C=O) groups excluding carboxylic acids is 1. The molecule has 1 aliphatic heterocycles. The Hall–Kier alpha value is -0.800. The molecule has 13 heavy (non-hydrogen) atoms. The van der Waals surface area contributed by atoms with Crippen LogP contribution in [0.15, 0.2) is 30.3 Å². The minimum atomic E-state index is -0.991. The molecule has 68 valence electrons. The first-order valence-corrected chi connectivity index (χ1v) is 5.62. The number of benzene rings is 1. The first kappa shape index (κ1) is 8.78. The summed E-state index contributed by atoms with van der Waals surface area (Å²) in [5.41, 5.74) is 0.892. The quantitative estimate of drug-likeness (QED) is 0.635. The van der Waals surface area contributed by atoms with E-state index in [4.69, 9.17) is 0 Å². The summed E-state index contributed by atoms with van der Waals surface area (Å²) in [5, 5.41) is -0.360. The van der Waals surface area contributed by atoms with Crippen LogP contribution >= 0.6 is 0 Å². The lowest BCUT2D eigenvalue weighted by atomic mass is 10.1. The summed E-state index contributed by atoms with van der Waals surface area (Å²) < 4.78 is 11.5. The van der Waals surface area contributed by atoms with Crippen LogP contribution in [0.25, 0.3) is 0 Å². The van der Waals surface area contributed by atoms with Gasteiger partial charge in [0.1, 0.15) is 5.75 Å². The second-order valence-corrected chi connectivity index (χ2v) is 4.73. The van der Waals surface area contributed by atoms with Crippen LogP contribution in [0.1, 0.15) is 17.2 Å². The van der Waals surface area contributed by atoms with E-state index in [1.54, 1.807) is 0 Å². The van der Waals surface area contributed by atoms with Crippen LogP contribution in [0.2, 0.25) is 0 Å². The van der Waals surface area contributed by atoms with Crippen LogP contribution in [-0.2, 0) is 16.0 Å². The summed E-state index contributed by atoms with van der Waals surface area (Å²) in [6, 6.07) is 9.37. The summed E-state index contributed by atoms with van der Waals surface area (Å²) in [7, 11) is 0. The first-order chi connectivity index (χ1) is 6.29. The lowest BCUT2D eigenvalue weighted by Crippen LogP contribution is -2.12. The molecular formula is C10H10O2S.